The molecule has 0 radical (unpaired) electrons. The number of hydrogen-bond acceptors (Lipinski definition) is 4. The number of carbonyl (C=O) groups is 1. The van der Waals surface area contributed by atoms with E-state index in [0.29, 0.717) is 24.6 Å². The molecule has 2 N–H and O–H groups in total. The van der Waals surface area contributed by atoms with Crippen molar-refractivity contribution < 1.29 is 9.53 Å². The average Bonchev–Trinajstić information content (AvgIpc) is 3.01. The van der Waals surface area contributed by atoms with Crippen molar-refractivity contribution >= 4 is 30.7 Å². The van der Waals surface area contributed by atoms with Gasteiger partial charge in [0.05, 0.1) is 5.69 Å². The molecule has 0 bridgehead atoms. The van der Waals surface area contributed by atoms with Crippen molar-refractivity contribution in [2.75, 3.05) is 13.1 Å². The van der Waals surface area contributed by atoms with Crippen LogP contribution < -0.4 is 10.5 Å². The minimum Gasteiger partial charge on any atom is -0.487 e. The van der Waals surface area contributed by atoms with Crippen LogP contribution in [0.5, 0.6) is 5.75 Å². The van der Waals surface area contributed by atoms with Gasteiger partial charge in [-0.3, -0.25) is 9.78 Å². The van der Waals surface area contributed by atoms with E-state index >= 15 is 0 Å². The van der Waals surface area contributed by atoms with Crippen LogP contribution in [0, 0.1) is 5.92 Å². The number of nitrogens with two attached hydrogens (primary N) is 1. The fourth-order valence-corrected chi connectivity index (χ4v) is 3.10. The number of benzene rings is 1. The summed E-state index contributed by atoms with van der Waals surface area (Å²) < 4.78 is 5.70. The molecule has 1 fully saturated rings. The number of amides is 1. The molecule has 1 aliphatic heterocycles. The Morgan fingerprint density at radius 3 is 2.54 bits per heavy atom. The summed E-state index contributed by atoms with van der Waals surface area (Å²) in [5.74, 6) is 1.20. The average molecular weight is 398 g/mol. The number of likely N-dealkylation sites (tertiary alicyclic amines) is 1. The maximum absolute atomic E-state index is 12.6. The summed E-state index contributed by atoms with van der Waals surface area (Å²) in [5, 5.41) is 0. The van der Waals surface area contributed by atoms with Gasteiger partial charge in [0, 0.05) is 24.3 Å². The first-order chi connectivity index (χ1) is 11.7. The molecule has 2 heterocycles. The number of carbonyl (C=O) groups excluding carboxylic acids is 1. The van der Waals surface area contributed by atoms with Crippen LogP contribution in [0.2, 0.25) is 0 Å². The van der Waals surface area contributed by atoms with Crippen LogP contribution in [0.15, 0.2) is 48.7 Å². The van der Waals surface area contributed by atoms with Gasteiger partial charge in [0.1, 0.15) is 12.4 Å². The summed E-state index contributed by atoms with van der Waals surface area (Å²) in [6.07, 6.45) is 2.72. The Bertz CT molecular complexity index is 683. The topological polar surface area (TPSA) is 68.5 Å². The first-order valence-electron chi connectivity index (χ1n) is 8.31. The van der Waals surface area contributed by atoms with E-state index in [2.05, 4.69) is 11.9 Å². The van der Waals surface area contributed by atoms with Crippen LogP contribution in [-0.2, 0) is 6.61 Å². The molecule has 26 heavy (non-hydrogen) atoms. The van der Waals surface area contributed by atoms with Crippen molar-refractivity contribution in [1.29, 1.82) is 0 Å². The van der Waals surface area contributed by atoms with E-state index in [4.69, 9.17) is 10.5 Å². The monoisotopic (exact) mass is 397 g/mol. The molecule has 3 rings (SSSR count). The van der Waals surface area contributed by atoms with Gasteiger partial charge in [0.25, 0.3) is 5.91 Å². The van der Waals surface area contributed by atoms with E-state index in [0.717, 1.165) is 24.4 Å². The third kappa shape index (κ3) is 5.34. The zero-order valence-electron chi connectivity index (χ0n) is 14.7. The molecule has 0 saturated carbocycles. The molecule has 0 spiro atoms. The number of rotatable bonds is 5. The lowest BCUT2D eigenvalue weighted by atomic mass is 10.1. The predicted octanol–water partition coefficient (Wildman–Crippen LogP) is 3.31. The van der Waals surface area contributed by atoms with Crippen molar-refractivity contribution in [1.82, 2.24) is 9.88 Å². The van der Waals surface area contributed by atoms with E-state index in [1.54, 1.807) is 6.20 Å². The summed E-state index contributed by atoms with van der Waals surface area (Å²) in [4.78, 5) is 18.8. The van der Waals surface area contributed by atoms with Crippen LogP contribution in [-0.4, -0.2) is 34.9 Å². The van der Waals surface area contributed by atoms with Crippen molar-refractivity contribution in [3.8, 4) is 5.75 Å². The first kappa shape index (κ1) is 22.2. The standard InChI is InChI=1S/C19H23N3O2.2ClH/c1-14-10-15(11-20)12-22(14)19(23)16-5-7-18(8-6-16)24-13-17-4-2-3-9-21-17;;/h2-9,14-15H,10-13,20H2,1H3;2*1H. The maximum Gasteiger partial charge on any atom is 0.254 e. The molecule has 2 aromatic rings. The molecule has 1 saturated heterocycles. The molecule has 1 aromatic heterocycles. The highest BCUT2D eigenvalue weighted by Gasteiger charge is 2.31. The van der Waals surface area contributed by atoms with E-state index in [9.17, 15) is 4.79 Å². The molecular formula is C19H25Cl2N3O2. The molecule has 7 heteroatoms. The van der Waals surface area contributed by atoms with Gasteiger partial charge in [0.15, 0.2) is 0 Å². The zero-order chi connectivity index (χ0) is 16.9. The minimum absolute atomic E-state index is 0. The molecule has 5 nitrogen and oxygen atoms in total. The highest BCUT2D eigenvalue weighted by Crippen LogP contribution is 2.24. The minimum atomic E-state index is 0. The highest BCUT2D eigenvalue weighted by molar-refractivity contribution is 5.94. The molecule has 2 unspecified atom stereocenters. The Balaban J connectivity index is 0.00000169. The van der Waals surface area contributed by atoms with Gasteiger partial charge in [-0.2, -0.15) is 0 Å². The van der Waals surface area contributed by atoms with Crippen LogP contribution in [0.1, 0.15) is 29.4 Å². The lowest BCUT2D eigenvalue weighted by Gasteiger charge is -2.21. The number of ether oxygens (including phenoxy) is 1. The molecule has 1 aromatic carbocycles. The maximum atomic E-state index is 12.6. The second kappa shape index (κ2) is 10.4. The van der Waals surface area contributed by atoms with Gasteiger partial charge in [0.2, 0.25) is 0 Å². The Hall–Kier alpha value is -1.82. The number of nitrogens with zero attached hydrogens (tertiary/aromatic N) is 2. The smallest absolute Gasteiger partial charge is 0.254 e. The number of hydrogen-bond donors (Lipinski definition) is 1. The number of pyridine rings is 1. The van der Waals surface area contributed by atoms with E-state index in [1.807, 2.05) is 47.4 Å². The molecule has 2 atom stereocenters. The Labute approximate surface area is 166 Å². The Kier molecular flexibility index (Phi) is 8.85. The van der Waals surface area contributed by atoms with Crippen LogP contribution >= 0.6 is 24.8 Å². The summed E-state index contributed by atoms with van der Waals surface area (Å²) in [6.45, 7) is 3.87. The fourth-order valence-electron chi connectivity index (χ4n) is 3.10. The summed E-state index contributed by atoms with van der Waals surface area (Å²) >= 11 is 0. The van der Waals surface area contributed by atoms with Crippen LogP contribution in [0.4, 0.5) is 0 Å². The quantitative estimate of drug-likeness (QED) is 0.839. The van der Waals surface area contributed by atoms with Gasteiger partial charge in [-0.05, 0) is 62.2 Å². The number of aromatic nitrogens is 1. The molecule has 0 aliphatic carbocycles. The van der Waals surface area contributed by atoms with E-state index in [1.165, 1.54) is 0 Å². The second-order valence-corrected chi connectivity index (χ2v) is 6.28. The summed E-state index contributed by atoms with van der Waals surface area (Å²) in [5.41, 5.74) is 7.30. The van der Waals surface area contributed by atoms with E-state index in [-0.39, 0.29) is 36.8 Å². The van der Waals surface area contributed by atoms with Crippen LogP contribution in [0.25, 0.3) is 0 Å². The van der Waals surface area contributed by atoms with Crippen LogP contribution in [0.3, 0.4) is 0 Å². The third-order valence-electron chi connectivity index (χ3n) is 4.47. The largest absolute Gasteiger partial charge is 0.487 e. The van der Waals surface area contributed by atoms with E-state index < -0.39 is 0 Å². The van der Waals surface area contributed by atoms with Crippen molar-refractivity contribution in [2.45, 2.75) is 26.0 Å². The van der Waals surface area contributed by atoms with Gasteiger partial charge >= 0.3 is 0 Å². The van der Waals surface area contributed by atoms with Crippen molar-refractivity contribution in [3.63, 3.8) is 0 Å². The first-order valence-corrected chi connectivity index (χ1v) is 8.31. The summed E-state index contributed by atoms with van der Waals surface area (Å²) in [7, 11) is 0. The van der Waals surface area contributed by atoms with Crippen molar-refractivity contribution in [3.05, 3.63) is 59.9 Å². The zero-order valence-corrected chi connectivity index (χ0v) is 16.3. The van der Waals surface area contributed by atoms with Gasteiger partial charge in [-0.15, -0.1) is 24.8 Å². The van der Waals surface area contributed by atoms with Gasteiger partial charge < -0.3 is 15.4 Å². The normalized spacial score (nSPS) is 18.6. The number of halogens is 2. The predicted molar refractivity (Wildman–Crippen MR) is 107 cm³/mol. The van der Waals surface area contributed by atoms with Gasteiger partial charge in [-0.25, -0.2) is 0 Å². The highest BCUT2D eigenvalue weighted by atomic mass is 35.5. The Morgan fingerprint density at radius 2 is 1.96 bits per heavy atom. The molecule has 1 aliphatic rings. The molecule has 142 valence electrons. The third-order valence-corrected chi connectivity index (χ3v) is 4.47. The molecular weight excluding hydrogens is 373 g/mol. The summed E-state index contributed by atoms with van der Waals surface area (Å²) in [6, 6.07) is 13.3. The van der Waals surface area contributed by atoms with Gasteiger partial charge in [-0.1, -0.05) is 6.07 Å². The SMILES string of the molecule is CC1CC(CN)CN1C(=O)c1ccc(OCc2ccccn2)cc1.Cl.Cl. The lowest BCUT2D eigenvalue weighted by Crippen LogP contribution is -2.34. The lowest BCUT2D eigenvalue weighted by molar-refractivity contribution is 0.0743. The fraction of sp³-hybridized carbons (Fsp3) is 0.368. The molecule has 1 amide bonds. The Morgan fingerprint density at radius 1 is 1.23 bits per heavy atom. The van der Waals surface area contributed by atoms with Crippen molar-refractivity contribution in [2.24, 2.45) is 11.7 Å². The second-order valence-electron chi connectivity index (χ2n) is 6.28.